The van der Waals surface area contributed by atoms with Gasteiger partial charge in [0.05, 0.1) is 0 Å². The molecule has 1 aromatic rings. The van der Waals surface area contributed by atoms with E-state index >= 15 is 0 Å². The maximum atomic E-state index is 9.52. The SMILES string of the molecule is Cc1cc(O)c(CN)c(C)c1C.Cl. The number of hydrogen-bond acceptors (Lipinski definition) is 2. The van der Waals surface area contributed by atoms with E-state index in [1.165, 1.54) is 5.56 Å². The second kappa shape index (κ2) is 4.49. The molecule has 0 heterocycles. The summed E-state index contributed by atoms with van der Waals surface area (Å²) in [6.07, 6.45) is 0. The van der Waals surface area contributed by atoms with Crippen molar-refractivity contribution in [2.75, 3.05) is 0 Å². The average Bonchev–Trinajstić information content (AvgIpc) is 2.01. The fourth-order valence-corrected chi connectivity index (χ4v) is 1.37. The van der Waals surface area contributed by atoms with E-state index in [0.29, 0.717) is 12.3 Å². The van der Waals surface area contributed by atoms with Crippen molar-refractivity contribution in [1.29, 1.82) is 0 Å². The van der Waals surface area contributed by atoms with Crippen LogP contribution in [-0.2, 0) is 6.54 Å². The van der Waals surface area contributed by atoms with Gasteiger partial charge in [0.25, 0.3) is 0 Å². The van der Waals surface area contributed by atoms with Crippen LogP contribution < -0.4 is 5.73 Å². The number of nitrogens with two attached hydrogens (primary N) is 1. The molecule has 0 aromatic heterocycles. The summed E-state index contributed by atoms with van der Waals surface area (Å²) in [7, 11) is 0. The minimum Gasteiger partial charge on any atom is -0.508 e. The lowest BCUT2D eigenvalue weighted by molar-refractivity contribution is 0.467. The average molecular weight is 202 g/mol. The van der Waals surface area contributed by atoms with E-state index < -0.39 is 0 Å². The molecule has 1 aromatic carbocycles. The third-order valence-electron chi connectivity index (χ3n) is 2.47. The third-order valence-corrected chi connectivity index (χ3v) is 2.47. The van der Waals surface area contributed by atoms with Gasteiger partial charge in [-0.2, -0.15) is 0 Å². The standard InChI is InChI=1S/C10H15NO.ClH/c1-6-4-10(12)9(5-11)8(3)7(6)2;/h4,12H,5,11H2,1-3H3;1H. The van der Waals surface area contributed by atoms with E-state index in [-0.39, 0.29) is 12.4 Å². The van der Waals surface area contributed by atoms with Gasteiger partial charge in [-0.1, -0.05) is 0 Å². The lowest BCUT2D eigenvalue weighted by Gasteiger charge is -2.11. The second-order valence-electron chi connectivity index (χ2n) is 3.15. The molecule has 0 bridgehead atoms. The first-order valence-electron chi connectivity index (χ1n) is 4.06. The Morgan fingerprint density at radius 1 is 1.23 bits per heavy atom. The van der Waals surface area contributed by atoms with Crippen LogP contribution in [0.2, 0.25) is 0 Å². The number of halogens is 1. The van der Waals surface area contributed by atoms with Gasteiger partial charge in [0.15, 0.2) is 0 Å². The number of aromatic hydroxyl groups is 1. The quantitative estimate of drug-likeness (QED) is 0.732. The number of aryl methyl sites for hydroxylation is 1. The van der Waals surface area contributed by atoms with E-state index in [1.807, 2.05) is 20.8 Å². The number of benzene rings is 1. The van der Waals surface area contributed by atoms with Crippen LogP contribution in [0.15, 0.2) is 6.07 Å². The zero-order valence-corrected chi connectivity index (χ0v) is 9.03. The molecular formula is C10H16ClNO. The van der Waals surface area contributed by atoms with Crippen molar-refractivity contribution >= 4 is 12.4 Å². The Labute approximate surface area is 85.2 Å². The zero-order valence-electron chi connectivity index (χ0n) is 8.22. The summed E-state index contributed by atoms with van der Waals surface area (Å²) in [6, 6.07) is 1.77. The highest BCUT2D eigenvalue weighted by atomic mass is 35.5. The summed E-state index contributed by atoms with van der Waals surface area (Å²) in [4.78, 5) is 0. The molecule has 3 N–H and O–H groups in total. The van der Waals surface area contributed by atoms with Gasteiger partial charge in [0.1, 0.15) is 5.75 Å². The van der Waals surface area contributed by atoms with E-state index in [0.717, 1.165) is 16.7 Å². The molecule has 0 aliphatic carbocycles. The molecule has 0 amide bonds. The normalized spacial score (nSPS) is 9.54. The Bertz CT molecular complexity index is 310. The predicted octanol–water partition coefficient (Wildman–Crippen LogP) is 2.20. The topological polar surface area (TPSA) is 46.2 Å². The summed E-state index contributed by atoms with van der Waals surface area (Å²) in [5.74, 6) is 0.318. The molecule has 0 atom stereocenters. The summed E-state index contributed by atoms with van der Waals surface area (Å²) < 4.78 is 0. The van der Waals surface area contributed by atoms with E-state index in [2.05, 4.69) is 0 Å². The van der Waals surface area contributed by atoms with Crippen LogP contribution in [0.1, 0.15) is 22.3 Å². The van der Waals surface area contributed by atoms with Crippen LogP contribution in [0.25, 0.3) is 0 Å². The largest absolute Gasteiger partial charge is 0.508 e. The maximum absolute atomic E-state index is 9.52. The van der Waals surface area contributed by atoms with E-state index in [1.54, 1.807) is 6.07 Å². The van der Waals surface area contributed by atoms with Crippen molar-refractivity contribution < 1.29 is 5.11 Å². The maximum Gasteiger partial charge on any atom is 0.120 e. The first-order chi connectivity index (χ1) is 5.57. The van der Waals surface area contributed by atoms with Gasteiger partial charge in [-0.05, 0) is 43.5 Å². The Morgan fingerprint density at radius 2 is 1.77 bits per heavy atom. The van der Waals surface area contributed by atoms with Gasteiger partial charge in [0, 0.05) is 12.1 Å². The van der Waals surface area contributed by atoms with Crippen LogP contribution in [0.3, 0.4) is 0 Å². The lowest BCUT2D eigenvalue weighted by atomic mass is 9.98. The minimum absolute atomic E-state index is 0. The molecule has 0 saturated heterocycles. The van der Waals surface area contributed by atoms with Crippen LogP contribution in [-0.4, -0.2) is 5.11 Å². The first-order valence-corrected chi connectivity index (χ1v) is 4.06. The van der Waals surface area contributed by atoms with Crippen molar-refractivity contribution in [3.63, 3.8) is 0 Å². The van der Waals surface area contributed by atoms with Crippen LogP contribution in [0.5, 0.6) is 5.75 Å². The molecule has 13 heavy (non-hydrogen) atoms. The monoisotopic (exact) mass is 201 g/mol. The smallest absolute Gasteiger partial charge is 0.120 e. The van der Waals surface area contributed by atoms with Gasteiger partial charge >= 0.3 is 0 Å². The van der Waals surface area contributed by atoms with Gasteiger partial charge in [-0.3, -0.25) is 0 Å². The molecule has 3 heteroatoms. The van der Waals surface area contributed by atoms with Crippen LogP contribution >= 0.6 is 12.4 Å². The van der Waals surface area contributed by atoms with Crippen molar-refractivity contribution in [3.05, 3.63) is 28.3 Å². The summed E-state index contributed by atoms with van der Waals surface area (Å²) in [6.45, 7) is 6.43. The summed E-state index contributed by atoms with van der Waals surface area (Å²) in [5.41, 5.74) is 9.81. The molecule has 0 fully saturated rings. The van der Waals surface area contributed by atoms with Gasteiger partial charge in [0.2, 0.25) is 0 Å². The highest BCUT2D eigenvalue weighted by molar-refractivity contribution is 5.85. The third kappa shape index (κ3) is 2.14. The first kappa shape index (κ1) is 12.3. The molecule has 1 rings (SSSR count). The highest BCUT2D eigenvalue weighted by Crippen LogP contribution is 2.25. The molecule has 0 saturated carbocycles. The van der Waals surface area contributed by atoms with Crippen LogP contribution in [0.4, 0.5) is 0 Å². The molecule has 0 aliphatic rings. The second-order valence-corrected chi connectivity index (χ2v) is 3.15. The molecule has 0 unspecified atom stereocenters. The van der Waals surface area contributed by atoms with E-state index in [9.17, 15) is 5.11 Å². The fourth-order valence-electron chi connectivity index (χ4n) is 1.37. The number of hydrogen-bond donors (Lipinski definition) is 2. The number of rotatable bonds is 1. The van der Waals surface area contributed by atoms with Gasteiger partial charge < -0.3 is 10.8 Å². The molecule has 0 spiro atoms. The molecular weight excluding hydrogens is 186 g/mol. The zero-order chi connectivity index (χ0) is 9.30. The molecule has 2 nitrogen and oxygen atoms in total. The Morgan fingerprint density at radius 3 is 2.23 bits per heavy atom. The molecule has 0 aliphatic heterocycles. The predicted molar refractivity (Wildman–Crippen MR) is 57.5 cm³/mol. The fraction of sp³-hybridized carbons (Fsp3) is 0.400. The molecule has 74 valence electrons. The van der Waals surface area contributed by atoms with Crippen molar-refractivity contribution in [3.8, 4) is 5.75 Å². The molecule has 0 radical (unpaired) electrons. The Balaban J connectivity index is 0.00000144. The number of phenols is 1. The van der Waals surface area contributed by atoms with Crippen molar-refractivity contribution in [2.45, 2.75) is 27.3 Å². The highest BCUT2D eigenvalue weighted by Gasteiger charge is 2.07. The summed E-state index contributed by atoms with van der Waals surface area (Å²) >= 11 is 0. The van der Waals surface area contributed by atoms with Crippen molar-refractivity contribution in [2.24, 2.45) is 5.73 Å². The number of phenolic OH excluding ortho intramolecular Hbond substituents is 1. The summed E-state index contributed by atoms with van der Waals surface area (Å²) in [5, 5.41) is 9.52. The van der Waals surface area contributed by atoms with Gasteiger partial charge in [-0.15, -0.1) is 12.4 Å². The Hall–Kier alpha value is -0.730. The van der Waals surface area contributed by atoms with Crippen LogP contribution in [0, 0.1) is 20.8 Å². The minimum atomic E-state index is 0. The lowest BCUT2D eigenvalue weighted by Crippen LogP contribution is -2.02. The van der Waals surface area contributed by atoms with Gasteiger partial charge in [-0.25, -0.2) is 0 Å². The van der Waals surface area contributed by atoms with E-state index in [4.69, 9.17) is 5.73 Å². The van der Waals surface area contributed by atoms with Crippen molar-refractivity contribution in [1.82, 2.24) is 0 Å². The Kier molecular flexibility index (Phi) is 4.24.